The van der Waals surface area contributed by atoms with E-state index in [-0.39, 0.29) is 17.4 Å². The number of hydrogen-bond donors (Lipinski definition) is 2. The van der Waals surface area contributed by atoms with Gasteiger partial charge in [-0.25, -0.2) is 9.78 Å². The Labute approximate surface area is 221 Å². The number of thioether (sulfide) groups is 1. The number of amides is 4. The number of benzene rings is 2. The van der Waals surface area contributed by atoms with E-state index < -0.39 is 23.4 Å². The number of ether oxygens (including phenoxy) is 1. The molecule has 0 bridgehead atoms. The van der Waals surface area contributed by atoms with Crippen molar-refractivity contribution in [2.45, 2.75) is 43.1 Å². The fraction of sp³-hybridized carbons (Fsp3) is 0.320. The second-order valence-corrected chi connectivity index (χ2v) is 10.4. The minimum atomic E-state index is -1.31. The first kappa shape index (κ1) is 25.2. The SMILES string of the molecule is C[C@]1(c2ccccc2)NC(=O)N(NC(=O)CSc2nc3cc(Cl)ccc3c(=O)n2C[C@H]2CCCO2)C1=O. The largest absolute Gasteiger partial charge is 0.376 e. The molecule has 0 unspecified atom stereocenters. The lowest BCUT2D eigenvalue weighted by molar-refractivity contribution is -0.138. The van der Waals surface area contributed by atoms with Gasteiger partial charge in [-0.05, 0) is 43.5 Å². The fourth-order valence-corrected chi connectivity index (χ4v) is 5.40. The third-order valence-corrected chi connectivity index (χ3v) is 7.61. The number of imide groups is 1. The van der Waals surface area contributed by atoms with E-state index in [9.17, 15) is 19.2 Å². The molecule has 0 spiro atoms. The first-order valence-electron chi connectivity index (χ1n) is 11.7. The average molecular weight is 542 g/mol. The van der Waals surface area contributed by atoms with Crippen molar-refractivity contribution in [2.75, 3.05) is 12.4 Å². The van der Waals surface area contributed by atoms with E-state index in [0.717, 1.165) is 24.6 Å². The Kier molecular flexibility index (Phi) is 6.93. The normalized spacial score (nSPS) is 21.5. The zero-order valence-electron chi connectivity index (χ0n) is 19.9. The van der Waals surface area contributed by atoms with E-state index in [2.05, 4.69) is 15.7 Å². The van der Waals surface area contributed by atoms with Gasteiger partial charge in [0.2, 0.25) is 5.91 Å². The van der Waals surface area contributed by atoms with Crippen molar-refractivity contribution >= 4 is 52.1 Å². The second kappa shape index (κ2) is 10.2. The molecule has 2 aliphatic heterocycles. The molecule has 3 heterocycles. The van der Waals surface area contributed by atoms with E-state index >= 15 is 0 Å². The smallest absolute Gasteiger partial charge is 0.344 e. The Morgan fingerprint density at radius 2 is 2.03 bits per heavy atom. The molecule has 5 rings (SSSR count). The van der Waals surface area contributed by atoms with Crippen molar-refractivity contribution in [1.82, 2.24) is 25.3 Å². The third-order valence-electron chi connectivity index (χ3n) is 6.40. The quantitative estimate of drug-likeness (QED) is 0.268. The van der Waals surface area contributed by atoms with Crippen LogP contribution in [-0.2, 0) is 26.4 Å². The first-order chi connectivity index (χ1) is 17.8. The molecule has 2 saturated heterocycles. The van der Waals surface area contributed by atoms with Crippen molar-refractivity contribution in [1.29, 1.82) is 0 Å². The van der Waals surface area contributed by atoms with Crippen LogP contribution in [0.5, 0.6) is 0 Å². The predicted octanol–water partition coefficient (Wildman–Crippen LogP) is 2.82. The van der Waals surface area contributed by atoms with Crippen LogP contribution in [0.1, 0.15) is 25.3 Å². The molecule has 2 atom stereocenters. The van der Waals surface area contributed by atoms with Crippen LogP contribution in [0.25, 0.3) is 10.9 Å². The lowest BCUT2D eigenvalue weighted by Gasteiger charge is -2.22. The summed E-state index contributed by atoms with van der Waals surface area (Å²) in [6.07, 6.45) is 1.61. The number of urea groups is 1. The summed E-state index contributed by atoms with van der Waals surface area (Å²) >= 11 is 7.13. The number of rotatable bonds is 7. The number of nitrogens with one attached hydrogen (secondary N) is 2. The Balaban J connectivity index is 1.34. The zero-order chi connectivity index (χ0) is 26.2. The van der Waals surface area contributed by atoms with Crippen LogP contribution in [0, 0.1) is 0 Å². The Morgan fingerprint density at radius 3 is 2.76 bits per heavy atom. The fourth-order valence-electron chi connectivity index (χ4n) is 4.43. The maximum absolute atomic E-state index is 13.3. The van der Waals surface area contributed by atoms with Gasteiger partial charge >= 0.3 is 6.03 Å². The molecule has 12 heteroatoms. The first-order valence-corrected chi connectivity index (χ1v) is 13.1. The van der Waals surface area contributed by atoms with Gasteiger partial charge in [0, 0.05) is 11.6 Å². The molecule has 2 N–H and O–H groups in total. The summed E-state index contributed by atoms with van der Waals surface area (Å²) in [5.74, 6) is -1.39. The minimum Gasteiger partial charge on any atom is -0.376 e. The van der Waals surface area contributed by atoms with Gasteiger partial charge in [0.15, 0.2) is 5.16 Å². The van der Waals surface area contributed by atoms with E-state index in [0.29, 0.717) is 44.8 Å². The highest BCUT2D eigenvalue weighted by molar-refractivity contribution is 7.99. The van der Waals surface area contributed by atoms with Crippen LogP contribution in [-0.4, -0.2) is 50.9 Å². The Hall–Kier alpha value is -3.41. The summed E-state index contributed by atoms with van der Waals surface area (Å²) in [6, 6.07) is 12.9. The monoisotopic (exact) mass is 541 g/mol. The number of hydrogen-bond acceptors (Lipinski definition) is 7. The Morgan fingerprint density at radius 1 is 1.24 bits per heavy atom. The lowest BCUT2D eigenvalue weighted by Crippen LogP contribution is -2.48. The number of fused-ring (bicyclic) bond motifs is 1. The molecule has 37 heavy (non-hydrogen) atoms. The number of aromatic nitrogens is 2. The maximum Gasteiger partial charge on any atom is 0.344 e. The van der Waals surface area contributed by atoms with Crippen molar-refractivity contribution in [3.05, 3.63) is 69.5 Å². The topological polar surface area (TPSA) is 123 Å². The summed E-state index contributed by atoms with van der Waals surface area (Å²) in [6.45, 7) is 2.52. The lowest BCUT2D eigenvalue weighted by atomic mass is 9.92. The molecular weight excluding hydrogens is 518 g/mol. The standard InChI is InChI=1S/C25H24ClN5O5S/c1-25(15-6-3-2-4-7-15)22(34)31(23(35)28-25)29-20(32)14-37-24-27-19-12-16(26)9-10-18(19)21(33)30(24)13-17-8-5-11-36-17/h2-4,6-7,9-10,12,17H,5,8,11,13-14H2,1H3,(H,28,35)(H,29,32)/t17-,25-/m1/s1. The van der Waals surface area contributed by atoms with Crippen LogP contribution >= 0.6 is 23.4 Å². The van der Waals surface area contributed by atoms with Crippen molar-refractivity contribution in [2.24, 2.45) is 0 Å². The molecule has 0 saturated carbocycles. The van der Waals surface area contributed by atoms with E-state index in [4.69, 9.17) is 16.3 Å². The Bertz CT molecular complexity index is 1440. The number of carbonyl (C=O) groups excluding carboxylic acids is 3. The highest BCUT2D eigenvalue weighted by Gasteiger charge is 2.49. The number of carbonyl (C=O) groups is 3. The van der Waals surface area contributed by atoms with Gasteiger partial charge < -0.3 is 10.1 Å². The van der Waals surface area contributed by atoms with Gasteiger partial charge in [-0.1, -0.05) is 53.7 Å². The molecule has 3 aromatic rings. The molecule has 2 aliphatic rings. The summed E-state index contributed by atoms with van der Waals surface area (Å²) in [5.41, 5.74) is 1.82. The molecule has 1 aromatic heterocycles. The highest BCUT2D eigenvalue weighted by Crippen LogP contribution is 2.28. The number of nitrogens with zero attached hydrogens (tertiary/aromatic N) is 3. The van der Waals surface area contributed by atoms with Crippen LogP contribution in [0.2, 0.25) is 5.02 Å². The van der Waals surface area contributed by atoms with Gasteiger partial charge in [0.05, 0.1) is 29.3 Å². The van der Waals surface area contributed by atoms with Gasteiger partial charge in [-0.3, -0.25) is 24.4 Å². The van der Waals surface area contributed by atoms with Crippen LogP contribution in [0.15, 0.2) is 58.5 Å². The summed E-state index contributed by atoms with van der Waals surface area (Å²) in [7, 11) is 0. The molecule has 0 radical (unpaired) electrons. The second-order valence-electron chi connectivity index (χ2n) is 8.99. The van der Waals surface area contributed by atoms with Gasteiger partial charge in [-0.2, -0.15) is 5.01 Å². The molecule has 4 amide bonds. The van der Waals surface area contributed by atoms with Crippen LogP contribution in [0.4, 0.5) is 4.79 Å². The average Bonchev–Trinajstić information content (AvgIpc) is 3.48. The van der Waals surface area contributed by atoms with Gasteiger partial charge in [-0.15, -0.1) is 0 Å². The van der Waals surface area contributed by atoms with Gasteiger partial charge in [0.1, 0.15) is 5.54 Å². The minimum absolute atomic E-state index is 0.126. The van der Waals surface area contributed by atoms with E-state index in [1.165, 1.54) is 4.57 Å². The van der Waals surface area contributed by atoms with Crippen LogP contribution in [0.3, 0.4) is 0 Å². The number of halogens is 1. The summed E-state index contributed by atoms with van der Waals surface area (Å²) in [5, 5.41) is 4.49. The summed E-state index contributed by atoms with van der Waals surface area (Å²) in [4.78, 5) is 56.2. The van der Waals surface area contributed by atoms with Crippen molar-refractivity contribution in [3.63, 3.8) is 0 Å². The van der Waals surface area contributed by atoms with Crippen molar-refractivity contribution in [3.8, 4) is 0 Å². The van der Waals surface area contributed by atoms with Gasteiger partial charge in [0.25, 0.3) is 11.5 Å². The molecule has 0 aliphatic carbocycles. The third kappa shape index (κ3) is 4.94. The van der Waals surface area contributed by atoms with E-state index in [1.54, 1.807) is 55.5 Å². The molecule has 2 aromatic carbocycles. The molecular formula is C25H24ClN5O5S. The maximum atomic E-state index is 13.3. The van der Waals surface area contributed by atoms with Crippen LogP contribution < -0.4 is 16.3 Å². The van der Waals surface area contributed by atoms with Crippen molar-refractivity contribution < 1.29 is 19.1 Å². The predicted molar refractivity (Wildman–Crippen MR) is 138 cm³/mol. The van der Waals surface area contributed by atoms with E-state index in [1.807, 2.05) is 0 Å². The highest BCUT2D eigenvalue weighted by atomic mass is 35.5. The molecule has 192 valence electrons. The summed E-state index contributed by atoms with van der Waals surface area (Å²) < 4.78 is 7.21. The number of hydrazine groups is 1. The molecule has 2 fully saturated rings. The zero-order valence-corrected chi connectivity index (χ0v) is 21.5. The molecule has 10 nitrogen and oxygen atoms in total.